The molecule has 1 fully saturated rings. The third-order valence-corrected chi connectivity index (χ3v) is 9.02. The first-order valence-electron chi connectivity index (χ1n) is 12.7. The van der Waals surface area contributed by atoms with E-state index in [-0.39, 0.29) is 35.4 Å². The Bertz CT molecular complexity index is 1650. The normalized spacial score (nSPS) is 17.5. The van der Waals surface area contributed by atoms with Crippen LogP contribution in [0.25, 0.3) is 16.7 Å². The van der Waals surface area contributed by atoms with E-state index in [4.69, 9.17) is 4.74 Å². The van der Waals surface area contributed by atoms with Gasteiger partial charge in [0.1, 0.15) is 15.7 Å². The Morgan fingerprint density at radius 3 is 2.39 bits per heavy atom. The van der Waals surface area contributed by atoms with E-state index < -0.39 is 80.4 Å². The highest BCUT2D eigenvalue weighted by atomic mass is 32.2. The molecular formula is C26H30F4N4O6S. The fraction of sp³-hybridized carbons (Fsp3) is 0.500. The number of carbonyl (C=O) groups excluding carboxylic acids is 1. The van der Waals surface area contributed by atoms with E-state index in [0.717, 1.165) is 27.3 Å². The number of benzene rings is 1. The Kier molecular flexibility index (Phi) is 7.99. The highest BCUT2D eigenvalue weighted by Crippen LogP contribution is 2.31. The molecule has 1 atom stereocenters. The number of halogens is 4. The molecule has 0 spiro atoms. The number of rotatable bonds is 8. The molecular weight excluding hydrogens is 572 g/mol. The largest absolute Gasteiger partial charge is 0.472 e. The molecule has 1 aliphatic heterocycles. The maximum absolute atomic E-state index is 15.5. The van der Waals surface area contributed by atoms with Crippen molar-refractivity contribution in [2.75, 3.05) is 18.1 Å². The molecule has 3 aromatic rings. The third kappa shape index (κ3) is 6.25. The summed E-state index contributed by atoms with van der Waals surface area (Å²) in [6.07, 6.45) is -1.94. The van der Waals surface area contributed by atoms with Gasteiger partial charge in [-0.2, -0.15) is 0 Å². The monoisotopic (exact) mass is 602 g/mol. The number of ether oxygens (including phenoxy) is 1. The zero-order valence-electron chi connectivity index (χ0n) is 22.7. The van der Waals surface area contributed by atoms with Gasteiger partial charge in [-0.3, -0.25) is 13.9 Å². The molecule has 10 nitrogen and oxygen atoms in total. The molecule has 2 aromatic heterocycles. The molecule has 3 heterocycles. The Labute approximate surface area is 232 Å². The summed E-state index contributed by atoms with van der Waals surface area (Å²) in [5, 5.41) is 13.4. The average molecular weight is 603 g/mol. The molecule has 2 N–H and O–H groups in total. The Morgan fingerprint density at radius 2 is 1.80 bits per heavy atom. The number of nitrogens with one attached hydrogen (secondary N) is 1. The smallest absolute Gasteiger partial charge is 0.334 e. The van der Waals surface area contributed by atoms with Crippen LogP contribution in [-0.2, 0) is 9.84 Å². The molecule has 15 heteroatoms. The van der Waals surface area contributed by atoms with Crippen molar-refractivity contribution in [1.29, 1.82) is 0 Å². The molecule has 1 aliphatic rings. The number of alkyl halides is 2. The number of sulfone groups is 1. The zero-order chi connectivity index (χ0) is 30.5. The van der Waals surface area contributed by atoms with Gasteiger partial charge in [0.2, 0.25) is 5.88 Å². The quantitative estimate of drug-likeness (QED) is 0.379. The lowest BCUT2D eigenvalue weighted by Gasteiger charge is -2.34. The molecule has 1 aromatic carbocycles. The number of hydrogen-bond donors (Lipinski definition) is 2. The van der Waals surface area contributed by atoms with Crippen molar-refractivity contribution < 1.29 is 40.6 Å². The first-order valence-corrected chi connectivity index (χ1v) is 14.5. The summed E-state index contributed by atoms with van der Waals surface area (Å²) in [7, 11) is -3.23. The molecule has 224 valence electrons. The molecule has 0 aliphatic carbocycles. The number of aliphatic hydroxyl groups is 1. The van der Waals surface area contributed by atoms with E-state index in [0.29, 0.717) is 6.20 Å². The van der Waals surface area contributed by atoms with Crippen LogP contribution in [-0.4, -0.2) is 69.2 Å². The first kappa shape index (κ1) is 30.5. The van der Waals surface area contributed by atoms with Crippen molar-refractivity contribution in [3.05, 3.63) is 52.1 Å². The van der Waals surface area contributed by atoms with Crippen molar-refractivity contribution in [1.82, 2.24) is 19.4 Å². The summed E-state index contributed by atoms with van der Waals surface area (Å²) in [5.74, 6) is -3.66. The van der Waals surface area contributed by atoms with Gasteiger partial charge in [-0.15, -0.1) is 0 Å². The van der Waals surface area contributed by atoms with E-state index in [1.807, 2.05) is 0 Å². The van der Waals surface area contributed by atoms with Crippen molar-refractivity contribution in [2.45, 2.75) is 64.1 Å². The summed E-state index contributed by atoms with van der Waals surface area (Å²) in [6.45, 7) is 4.95. The average Bonchev–Trinajstić information content (AvgIpc) is 3.14. The number of amides is 1. The van der Waals surface area contributed by atoms with E-state index in [2.05, 4.69) is 10.3 Å². The van der Waals surface area contributed by atoms with Crippen molar-refractivity contribution in [3.8, 4) is 11.6 Å². The minimum atomic E-state index is -3.23. The second kappa shape index (κ2) is 10.7. The Balaban J connectivity index is 1.87. The topological polar surface area (TPSA) is 133 Å². The predicted octanol–water partition coefficient (Wildman–Crippen LogP) is 3.14. The van der Waals surface area contributed by atoms with Crippen LogP contribution in [0.1, 0.15) is 56.9 Å². The van der Waals surface area contributed by atoms with Crippen LogP contribution >= 0.6 is 0 Å². The van der Waals surface area contributed by atoms with Crippen LogP contribution in [0.2, 0.25) is 0 Å². The summed E-state index contributed by atoms with van der Waals surface area (Å²) in [6, 6.07) is 1.89. The Morgan fingerprint density at radius 1 is 1.17 bits per heavy atom. The highest BCUT2D eigenvalue weighted by molar-refractivity contribution is 7.91. The molecule has 0 unspecified atom stereocenters. The maximum atomic E-state index is 15.5. The molecule has 1 saturated heterocycles. The summed E-state index contributed by atoms with van der Waals surface area (Å²) in [4.78, 5) is 30.5. The van der Waals surface area contributed by atoms with E-state index in [1.54, 1.807) is 6.92 Å². The number of aromatic nitrogens is 3. The molecule has 41 heavy (non-hydrogen) atoms. The number of pyridine rings is 1. The van der Waals surface area contributed by atoms with Crippen molar-refractivity contribution in [2.24, 2.45) is 0 Å². The van der Waals surface area contributed by atoms with Gasteiger partial charge in [-0.1, -0.05) is 0 Å². The van der Waals surface area contributed by atoms with Gasteiger partial charge in [0.15, 0.2) is 12.4 Å². The van der Waals surface area contributed by atoms with E-state index in [1.165, 1.54) is 20.8 Å². The van der Waals surface area contributed by atoms with Crippen molar-refractivity contribution >= 4 is 26.8 Å². The third-order valence-electron chi connectivity index (χ3n) is 7.37. The highest BCUT2D eigenvalue weighted by Gasteiger charge is 2.36. The van der Waals surface area contributed by atoms with Gasteiger partial charge in [0, 0.05) is 17.7 Å². The number of nitrogens with zero attached hydrogens (tertiary/aromatic N) is 3. The minimum absolute atomic E-state index is 0.0289. The molecule has 0 bridgehead atoms. The molecule has 4 rings (SSSR count). The summed E-state index contributed by atoms with van der Waals surface area (Å²) >= 11 is 0. The summed E-state index contributed by atoms with van der Waals surface area (Å²) in [5.41, 5.74) is -4.50. The predicted molar refractivity (Wildman–Crippen MR) is 142 cm³/mol. The molecule has 1 amide bonds. The van der Waals surface area contributed by atoms with Crippen molar-refractivity contribution in [3.63, 3.8) is 0 Å². The van der Waals surface area contributed by atoms with Gasteiger partial charge < -0.3 is 15.2 Å². The fourth-order valence-electron chi connectivity index (χ4n) is 4.60. The van der Waals surface area contributed by atoms with Gasteiger partial charge in [0.05, 0.1) is 51.6 Å². The molecule has 0 saturated carbocycles. The van der Waals surface area contributed by atoms with Crippen LogP contribution in [0.3, 0.4) is 0 Å². The molecule has 0 radical (unpaired) electrons. The lowest BCUT2D eigenvalue weighted by Crippen LogP contribution is -2.51. The van der Waals surface area contributed by atoms with Crippen LogP contribution in [0.15, 0.2) is 29.2 Å². The number of carbonyl (C=O) groups is 1. The van der Waals surface area contributed by atoms with Gasteiger partial charge in [-0.25, -0.2) is 35.8 Å². The zero-order valence-corrected chi connectivity index (χ0v) is 23.6. The Hall–Kier alpha value is -3.46. The lowest BCUT2D eigenvalue weighted by atomic mass is 9.94. The van der Waals surface area contributed by atoms with E-state index in [9.17, 15) is 36.3 Å². The first-order chi connectivity index (χ1) is 18.9. The van der Waals surface area contributed by atoms with E-state index >= 15 is 4.39 Å². The summed E-state index contributed by atoms with van der Waals surface area (Å²) < 4.78 is 86.1. The van der Waals surface area contributed by atoms with Gasteiger partial charge in [0.25, 0.3) is 12.3 Å². The van der Waals surface area contributed by atoms with Gasteiger partial charge >= 0.3 is 5.69 Å². The second-order valence-electron chi connectivity index (χ2n) is 11.0. The number of hydrogen-bond acceptors (Lipinski definition) is 7. The minimum Gasteiger partial charge on any atom is -0.472 e. The van der Waals surface area contributed by atoms with Crippen LogP contribution in [0.5, 0.6) is 5.88 Å². The number of fused-ring (bicyclic) bond motifs is 1. The standard InChI is InChI=1S/C26H30F4N4O6S/c1-14(25(2,3)37)33-19-9-15(23(35)32-26(4)5-7-41(38,39)8-6-26)16(27)10-20(19)34(24(33)36)18-11-22(31-12-17(18)28)40-13-21(29)30/h9-12,14,21,37H,5-8,13H2,1-4H3,(H,32,35)/t14-/m1/s1. The van der Waals surface area contributed by atoms with Crippen LogP contribution in [0, 0.1) is 11.6 Å². The second-order valence-corrected chi connectivity index (χ2v) is 13.3. The van der Waals surface area contributed by atoms with Crippen LogP contribution in [0.4, 0.5) is 17.6 Å². The lowest BCUT2D eigenvalue weighted by molar-refractivity contribution is 0.0307. The number of imidazole rings is 1. The maximum Gasteiger partial charge on any atom is 0.334 e. The SMILES string of the molecule is C[C@@H](n1c(=O)n(-c2cc(OCC(F)F)ncc2F)c2cc(F)c(C(=O)NC3(C)CCS(=O)(=O)CC3)cc21)C(C)(C)O. The fourth-order valence-corrected chi connectivity index (χ4v) is 6.32. The van der Waals surface area contributed by atoms with Crippen LogP contribution < -0.4 is 15.7 Å². The van der Waals surface area contributed by atoms with Gasteiger partial charge in [-0.05, 0) is 46.6 Å².